The van der Waals surface area contributed by atoms with Crippen LogP contribution < -0.4 is 10.2 Å². The summed E-state index contributed by atoms with van der Waals surface area (Å²) >= 11 is 1.48. The zero-order valence-corrected chi connectivity index (χ0v) is 17.6. The molecule has 1 N–H and O–H groups in total. The predicted molar refractivity (Wildman–Crippen MR) is 110 cm³/mol. The molecule has 3 aromatic heterocycles. The van der Waals surface area contributed by atoms with Gasteiger partial charge in [0.05, 0.1) is 5.92 Å². The Balaban J connectivity index is 1.33. The van der Waals surface area contributed by atoms with Crippen LogP contribution in [0, 0.1) is 19.8 Å². The fraction of sp³-hybridized carbons (Fsp3) is 0.526. The summed E-state index contributed by atoms with van der Waals surface area (Å²) in [4.78, 5) is 28.2. The number of amides is 1. The van der Waals surface area contributed by atoms with E-state index >= 15 is 0 Å². The van der Waals surface area contributed by atoms with E-state index in [0.29, 0.717) is 40.7 Å². The Bertz CT molecular complexity index is 1080. The minimum Gasteiger partial charge on any atom is -0.355 e. The van der Waals surface area contributed by atoms with Crippen molar-refractivity contribution in [2.75, 3.05) is 23.3 Å². The van der Waals surface area contributed by atoms with Gasteiger partial charge in [-0.05, 0) is 39.5 Å². The molecule has 1 saturated carbocycles. The molecule has 0 aromatic carbocycles. The van der Waals surface area contributed by atoms with Gasteiger partial charge >= 0.3 is 0 Å². The van der Waals surface area contributed by atoms with Gasteiger partial charge in [-0.3, -0.25) is 4.79 Å². The van der Waals surface area contributed by atoms with E-state index in [1.165, 1.54) is 24.2 Å². The van der Waals surface area contributed by atoms with Gasteiger partial charge in [-0.25, -0.2) is 9.97 Å². The molecule has 1 aliphatic carbocycles. The molecule has 2 aliphatic rings. The molecular formula is C19H22N8O2S. The van der Waals surface area contributed by atoms with Gasteiger partial charge in [0.1, 0.15) is 22.2 Å². The van der Waals surface area contributed by atoms with E-state index < -0.39 is 0 Å². The van der Waals surface area contributed by atoms with Crippen LogP contribution in [0.1, 0.15) is 48.3 Å². The SMILES string of the molecule is Cc1noc(-c2cnc(C)nc2N2CCCC(C(=O)Nc3nnc(C4CC4)s3)C2)n1. The molecule has 1 amide bonds. The number of nitrogens with zero attached hydrogens (tertiary/aromatic N) is 7. The van der Waals surface area contributed by atoms with Crippen LogP contribution in [0.2, 0.25) is 0 Å². The molecule has 0 radical (unpaired) electrons. The highest BCUT2D eigenvalue weighted by molar-refractivity contribution is 7.15. The first-order valence-electron chi connectivity index (χ1n) is 10.1. The number of rotatable bonds is 5. The lowest BCUT2D eigenvalue weighted by Crippen LogP contribution is -2.41. The number of aryl methyl sites for hydroxylation is 2. The van der Waals surface area contributed by atoms with Crippen LogP contribution >= 0.6 is 11.3 Å². The summed E-state index contributed by atoms with van der Waals surface area (Å²) in [6.07, 6.45) is 5.73. The number of piperidine rings is 1. The summed E-state index contributed by atoms with van der Waals surface area (Å²) in [5, 5.41) is 16.8. The Kier molecular flexibility index (Phi) is 4.89. The van der Waals surface area contributed by atoms with Gasteiger partial charge < -0.3 is 14.7 Å². The largest absolute Gasteiger partial charge is 0.355 e. The molecule has 30 heavy (non-hydrogen) atoms. The van der Waals surface area contributed by atoms with Crippen LogP contribution in [0.25, 0.3) is 11.5 Å². The normalized spacial score (nSPS) is 19.1. The minimum absolute atomic E-state index is 0.0286. The van der Waals surface area contributed by atoms with Crippen molar-refractivity contribution in [2.45, 2.75) is 45.4 Å². The third kappa shape index (κ3) is 3.89. The Morgan fingerprint density at radius 2 is 2.07 bits per heavy atom. The number of carbonyl (C=O) groups is 1. The maximum absolute atomic E-state index is 12.9. The first kappa shape index (κ1) is 19.0. The van der Waals surface area contributed by atoms with Crippen molar-refractivity contribution in [3.63, 3.8) is 0 Å². The Labute approximate surface area is 177 Å². The predicted octanol–water partition coefficient (Wildman–Crippen LogP) is 2.73. The fourth-order valence-electron chi connectivity index (χ4n) is 3.63. The van der Waals surface area contributed by atoms with Crippen molar-refractivity contribution < 1.29 is 9.32 Å². The fourth-order valence-corrected chi connectivity index (χ4v) is 4.54. The molecule has 0 spiro atoms. The van der Waals surface area contributed by atoms with Crippen LogP contribution in [-0.4, -0.2) is 49.3 Å². The van der Waals surface area contributed by atoms with Crippen molar-refractivity contribution in [1.29, 1.82) is 0 Å². The quantitative estimate of drug-likeness (QED) is 0.656. The number of hydrogen-bond donors (Lipinski definition) is 1. The lowest BCUT2D eigenvalue weighted by atomic mass is 9.97. The molecule has 0 bridgehead atoms. The number of aromatic nitrogens is 6. The van der Waals surface area contributed by atoms with Crippen molar-refractivity contribution >= 4 is 28.2 Å². The molecule has 1 saturated heterocycles. The van der Waals surface area contributed by atoms with E-state index in [-0.39, 0.29) is 11.8 Å². The highest BCUT2D eigenvalue weighted by atomic mass is 32.1. The molecule has 11 heteroatoms. The summed E-state index contributed by atoms with van der Waals surface area (Å²) in [6.45, 7) is 4.96. The molecule has 1 aliphatic heterocycles. The lowest BCUT2D eigenvalue weighted by Gasteiger charge is -2.33. The smallest absolute Gasteiger partial charge is 0.263 e. The average Bonchev–Trinajstić information content (AvgIpc) is 3.35. The molecule has 10 nitrogen and oxygen atoms in total. The van der Waals surface area contributed by atoms with E-state index in [1.807, 2.05) is 6.92 Å². The number of nitrogens with one attached hydrogen (secondary N) is 1. The Morgan fingerprint density at radius 3 is 2.83 bits per heavy atom. The van der Waals surface area contributed by atoms with Crippen LogP contribution in [-0.2, 0) is 4.79 Å². The van der Waals surface area contributed by atoms with E-state index in [0.717, 1.165) is 30.2 Å². The number of hydrogen-bond acceptors (Lipinski definition) is 10. The van der Waals surface area contributed by atoms with Gasteiger partial charge in [-0.15, -0.1) is 10.2 Å². The molecule has 156 valence electrons. The van der Waals surface area contributed by atoms with Crippen molar-refractivity contribution in [3.05, 3.63) is 22.9 Å². The number of anilines is 2. The molecule has 4 heterocycles. The summed E-state index contributed by atoms with van der Waals surface area (Å²) in [5.74, 6) is 2.64. The van der Waals surface area contributed by atoms with E-state index in [2.05, 4.69) is 40.5 Å². The van der Waals surface area contributed by atoms with Crippen molar-refractivity contribution in [1.82, 2.24) is 30.3 Å². The van der Waals surface area contributed by atoms with Gasteiger partial charge in [0.15, 0.2) is 5.82 Å². The van der Waals surface area contributed by atoms with Crippen LogP contribution in [0.4, 0.5) is 10.9 Å². The second-order valence-electron chi connectivity index (χ2n) is 7.80. The average molecular weight is 427 g/mol. The van der Waals surface area contributed by atoms with Crippen LogP contribution in [0.15, 0.2) is 10.7 Å². The topological polar surface area (TPSA) is 123 Å². The highest BCUT2D eigenvalue weighted by Gasteiger charge is 2.31. The molecular weight excluding hydrogens is 404 g/mol. The highest BCUT2D eigenvalue weighted by Crippen LogP contribution is 2.42. The summed E-state index contributed by atoms with van der Waals surface area (Å²) in [7, 11) is 0. The Hall–Kier alpha value is -2.95. The van der Waals surface area contributed by atoms with Gasteiger partial charge in [-0.1, -0.05) is 16.5 Å². The monoisotopic (exact) mass is 426 g/mol. The molecule has 1 unspecified atom stereocenters. The second kappa shape index (κ2) is 7.71. The Morgan fingerprint density at radius 1 is 1.20 bits per heavy atom. The minimum atomic E-state index is -0.167. The summed E-state index contributed by atoms with van der Waals surface area (Å²) in [5.41, 5.74) is 0.681. The lowest BCUT2D eigenvalue weighted by molar-refractivity contribution is -0.120. The van der Waals surface area contributed by atoms with Gasteiger partial charge in [0.2, 0.25) is 11.0 Å². The first-order valence-corrected chi connectivity index (χ1v) is 10.9. The standard InChI is InChI=1S/C19H22N8O2S/c1-10-20-8-14(17-22-11(2)26-29-17)15(21-10)27-7-3-4-13(9-27)16(28)23-19-25-24-18(30-19)12-5-6-12/h8,12-13H,3-7,9H2,1-2H3,(H,23,25,28). The van der Waals surface area contributed by atoms with Gasteiger partial charge in [-0.2, -0.15) is 4.98 Å². The first-order chi connectivity index (χ1) is 14.6. The van der Waals surface area contributed by atoms with Crippen molar-refractivity contribution in [2.24, 2.45) is 5.92 Å². The molecule has 2 fully saturated rings. The van der Waals surface area contributed by atoms with E-state index in [1.54, 1.807) is 13.1 Å². The third-order valence-electron chi connectivity index (χ3n) is 5.34. The van der Waals surface area contributed by atoms with Crippen LogP contribution in [0.3, 0.4) is 0 Å². The zero-order chi connectivity index (χ0) is 20.7. The van der Waals surface area contributed by atoms with Crippen LogP contribution in [0.5, 0.6) is 0 Å². The summed E-state index contributed by atoms with van der Waals surface area (Å²) in [6, 6.07) is 0. The van der Waals surface area contributed by atoms with E-state index in [9.17, 15) is 4.79 Å². The van der Waals surface area contributed by atoms with E-state index in [4.69, 9.17) is 4.52 Å². The molecule has 5 rings (SSSR count). The molecule has 1 atom stereocenters. The van der Waals surface area contributed by atoms with Crippen molar-refractivity contribution in [3.8, 4) is 11.5 Å². The third-order valence-corrected chi connectivity index (χ3v) is 6.34. The molecule has 3 aromatic rings. The number of carbonyl (C=O) groups excluding carboxylic acids is 1. The zero-order valence-electron chi connectivity index (χ0n) is 16.8. The maximum atomic E-state index is 12.9. The summed E-state index contributed by atoms with van der Waals surface area (Å²) < 4.78 is 5.34. The van der Waals surface area contributed by atoms with Gasteiger partial charge in [0, 0.05) is 25.2 Å². The van der Waals surface area contributed by atoms with Gasteiger partial charge in [0.25, 0.3) is 5.89 Å². The maximum Gasteiger partial charge on any atom is 0.263 e. The second-order valence-corrected chi connectivity index (χ2v) is 8.80.